The Hall–Kier alpha value is -2.60. The first-order chi connectivity index (χ1) is 11.3. The van der Waals surface area contributed by atoms with Gasteiger partial charge in [0.05, 0.1) is 16.3 Å². The number of hydrogen-bond acceptors (Lipinski definition) is 3. The highest BCUT2D eigenvalue weighted by Gasteiger charge is 2.28. The molecule has 1 N–H and O–H groups in total. The lowest BCUT2D eigenvalue weighted by Crippen LogP contribution is -2.19. The van der Waals surface area contributed by atoms with Gasteiger partial charge in [0, 0.05) is 11.1 Å². The van der Waals surface area contributed by atoms with Gasteiger partial charge in [-0.25, -0.2) is 12.4 Å². The number of nitrogens with zero attached hydrogens (tertiary/aromatic N) is 1. The molecule has 0 fully saturated rings. The summed E-state index contributed by atoms with van der Waals surface area (Å²) in [4.78, 5) is 11.6. The number of fused-ring (bicyclic) bond motifs is 1. The second-order valence-corrected chi connectivity index (χ2v) is 7.56. The summed E-state index contributed by atoms with van der Waals surface area (Å²) in [5, 5.41) is 10.1. The van der Waals surface area contributed by atoms with Crippen LogP contribution in [0.3, 0.4) is 0 Å². The Kier molecular flexibility index (Phi) is 3.93. The molecule has 2 aromatic carbocycles. The van der Waals surface area contributed by atoms with Crippen molar-refractivity contribution in [1.29, 1.82) is 0 Å². The molecule has 0 bridgehead atoms. The Morgan fingerprint density at radius 3 is 2.38 bits per heavy atom. The summed E-state index contributed by atoms with van der Waals surface area (Å²) in [7, 11) is -3.89. The minimum atomic E-state index is -3.89. The van der Waals surface area contributed by atoms with Crippen molar-refractivity contribution in [3.8, 4) is 0 Å². The van der Waals surface area contributed by atoms with E-state index in [0.717, 1.165) is 9.54 Å². The van der Waals surface area contributed by atoms with Gasteiger partial charge in [-0.1, -0.05) is 29.8 Å². The maximum Gasteiger partial charge on any atom is 0.312 e. The number of carboxylic acid groups (broad SMARTS) is 1. The Balaban J connectivity index is 2.37. The molecule has 0 saturated carbocycles. The molecule has 1 unspecified atom stereocenters. The van der Waals surface area contributed by atoms with Crippen molar-refractivity contribution in [3.63, 3.8) is 0 Å². The van der Waals surface area contributed by atoms with E-state index in [1.165, 1.54) is 19.1 Å². The van der Waals surface area contributed by atoms with Gasteiger partial charge in [0.1, 0.15) is 0 Å². The molecular formula is C18H17NO4S. The average molecular weight is 343 g/mol. The van der Waals surface area contributed by atoms with E-state index in [0.29, 0.717) is 10.9 Å². The minimum absolute atomic E-state index is 0.127. The molecule has 0 amide bonds. The van der Waals surface area contributed by atoms with Crippen molar-refractivity contribution >= 4 is 26.9 Å². The maximum atomic E-state index is 13.1. The molecule has 0 saturated heterocycles. The molecule has 1 heterocycles. The lowest BCUT2D eigenvalue weighted by Gasteiger charge is -2.14. The van der Waals surface area contributed by atoms with Gasteiger partial charge in [0.25, 0.3) is 10.0 Å². The standard InChI is InChI=1S/C18H17NO4S/c1-12-8-9-16-14(10-12)11-17(13(2)18(20)21)19(16)24(22,23)15-6-4-3-5-7-15/h3-11,13H,1-2H3,(H,20,21). The quantitative estimate of drug-likeness (QED) is 0.788. The zero-order valence-corrected chi connectivity index (χ0v) is 14.1. The van der Waals surface area contributed by atoms with Crippen LogP contribution < -0.4 is 0 Å². The van der Waals surface area contributed by atoms with E-state index in [1.54, 1.807) is 30.3 Å². The average Bonchev–Trinajstić information content (AvgIpc) is 2.93. The predicted octanol–water partition coefficient (Wildman–Crippen LogP) is 3.37. The summed E-state index contributed by atoms with van der Waals surface area (Å²) < 4.78 is 27.4. The molecule has 0 aliphatic heterocycles. The molecule has 3 aromatic rings. The van der Waals surface area contributed by atoms with E-state index in [-0.39, 0.29) is 10.6 Å². The topological polar surface area (TPSA) is 76.4 Å². The van der Waals surface area contributed by atoms with Crippen molar-refractivity contribution in [1.82, 2.24) is 3.97 Å². The summed E-state index contributed by atoms with van der Waals surface area (Å²) in [5.74, 6) is -2.02. The predicted molar refractivity (Wildman–Crippen MR) is 91.8 cm³/mol. The Labute approximate surface area is 140 Å². The van der Waals surface area contributed by atoms with E-state index in [2.05, 4.69) is 0 Å². The van der Waals surface area contributed by atoms with Crippen LogP contribution >= 0.6 is 0 Å². The molecule has 0 aliphatic carbocycles. The Morgan fingerprint density at radius 2 is 1.75 bits per heavy atom. The third-order valence-corrected chi connectivity index (χ3v) is 5.79. The van der Waals surface area contributed by atoms with Crippen LogP contribution in [-0.4, -0.2) is 23.5 Å². The molecule has 1 atom stereocenters. The highest BCUT2D eigenvalue weighted by Crippen LogP contribution is 2.30. The molecule has 124 valence electrons. The summed E-state index contributed by atoms with van der Waals surface area (Å²) in [6, 6.07) is 15.0. The summed E-state index contributed by atoms with van der Waals surface area (Å²) >= 11 is 0. The van der Waals surface area contributed by atoms with E-state index in [4.69, 9.17) is 0 Å². The van der Waals surface area contributed by atoms with Crippen molar-refractivity contribution < 1.29 is 18.3 Å². The van der Waals surface area contributed by atoms with Crippen LogP contribution in [-0.2, 0) is 14.8 Å². The molecule has 6 heteroatoms. The second kappa shape index (κ2) is 5.79. The van der Waals surface area contributed by atoms with Crippen molar-refractivity contribution in [2.24, 2.45) is 0 Å². The molecular weight excluding hydrogens is 326 g/mol. The number of aliphatic carboxylic acids is 1. The lowest BCUT2D eigenvalue weighted by atomic mass is 10.1. The molecule has 24 heavy (non-hydrogen) atoms. The lowest BCUT2D eigenvalue weighted by molar-refractivity contribution is -0.138. The summed E-state index contributed by atoms with van der Waals surface area (Å²) in [5.41, 5.74) is 1.70. The SMILES string of the molecule is Cc1ccc2c(c1)cc(C(C)C(=O)O)n2S(=O)(=O)c1ccccc1. The summed E-state index contributed by atoms with van der Waals surface area (Å²) in [6.45, 7) is 3.39. The fourth-order valence-electron chi connectivity index (χ4n) is 2.73. The normalized spacial score (nSPS) is 13.1. The van der Waals surface area contributed by atoms with Crippen molar-refractivity contribution in [3.05, 3.63) is 65.9 Å². The van der Waals surface area contributed by atoms with Gasteiger partial charge in [-0.2, -0.15) is 0 Å². The first-order valence-corrected chi connectivity index (χ1v) is 8.92. The van der Waals surface area contributed by atoms with E-state index < -0.39 is 21.9 Å². The Morgan fingerprint density at radius 1 is 1.08 bits per heavy atom. The molecule has 3 rings (SSSR count). The number of rotatable bonds is 4. The summed E-state index contributed by atoms with van der Waals surface area (Å²) in [6.07, 6.45) is 0. The van der Waals surface area contributed by atoms with E-state index >= 15 is 0 Å². The van der Waals surface area contributed by atoms with Gasteiger partial charge in [-0.15, -0.1) is 0 Å². The van der Waals surface area contributed by atoms with Crippen molar-refractivity contribution in [2.45, 2.75) is 24.7 Å². The molecule has 0 aliphatic rings. The molecule has 0 radical (unpaired) electrons. The van der Waals surface area contributed by atoms with Crippen LogP contribution in [0.5, 0.6) is 0 Å². The number of carbonyl (C=O) groups is 1. The van der Waals surface area contributed by atoms with Crippen LogP contribution in [0.15, 0.2) is 59.5 Å². The van der Waals surface area contributed by atoms with Crippen LogP contribution in [0.2, 0.25) is 0 Å². The molecule has 1 aromatic heterocycles. The first kappa shape index (κ1) is 16.3. The second-order valence-electron chi connectivity index (χ2n) is 5.77. The minimum Gasteiger partial charge on any atom is -0.481 e. The van der Waals surface area contributed by atoms with Crippen LogP contribution in [0.4, 0.5) is 0 Å². The maximum absolute atomic E-state index is 13.1. The van der Waals surface area contributed by atoms with Crippen LogP contribution in [0, 0.1) is 6.92 Å². The largest absolute Gasteiger partial charge is 0.481 e. The number of benzene rings is 2. The number of aromatic nitrogens is 1. The molecule has 0 spiro atoms. The van der Waals surface area contributed by atoms with Crippen molar-refractivity contribution in [2.75, 3.05) is 0 Å². The van der Waals surface area contributed by atoms with Gasteiger partial charge in [-0.05, 0) is 44.2 Å². The number of carboxylic acids is 1. The number of hydrogen-bond donors (Lipinski definition) is 1. The van der Waals surface area contributed by atoms with Gasteiger partial charge in [-0.3, -0.25) is 4.79 Å². The highest BCUT2D eigenvalue weighted by atomic mass is 32.2. The fourth-order valence-corrected chi connectivity index (χ4v) is 4.35. The highest BCUT2D eigenvalue weighted by molar-refractivity contribution is 7.90. The monoisotopic (exact) mass is 343 g/mol. The Bertz CT molecular complexity index is 1020. The zero-order chi connectivity index (χ0) is 17.5. The third-order valence-electron chi connectivity index (χ3n) is 4.04. The van der Waals surface area contributed by atoms with E-state index in [1.807, 2.05) is 19.1 Å². The molecule has 5 nitrogen and oxygen atoms in total. The van der Waals surface area contributed by atoms with Gasteiger partial charge >= 0.3 is 5.97 Å². The van der Waals surface area contributed by atoms with Gasteiger partial charge in [0.2, 0.25) is 0 Å². The number of aryl methyl sites for hydroxylation is 1. The van der Waals surface area contributed by atoms with Gasteiger partial charge < -0.3 is 5.11 Å². The van der Waals surface area contributed by atoms with Gasteiger partial charge in [0.15, 0.2) is 0 Å². The fraction of sp³-hybridized carbons (Fsp3) is 0.167. The third kappa shape index (κ3) is 2.59. The smallest absolute Gasteiger partial charge is 0.312 e. The van der Waals surface area contributed by atoms with Crippen LogP contribution in [0.25, 0.3) is 10.9 Å². The van der Waals surface area contributed by atoms with E-state index in [9.17, 15) is 18.3 Å². The first-order valence-electron chi connectivity index (χ1n) is 7.48. The van der Waals surface area contributed by atoms with Crippen LogP contribution in [0.1, 0.15) is 24.1 Å². The zero-order valence-electron chi connectivity index (χ0n) is 13.3.